The first kappa shape index (κ1) is 23.9. The van der Waals surface area contributed by atoms with Crippen molar-refractivity contribution < 1.29 is 4.79 Å². The minimum absolute atomic E-state index is 0.0439. The van der Waals surface area contributed by atoms with Crippen molar-refractivity contribution in [1.29, 1.82) is 0 Å². The zero-order valence-electron chi connectivity index (χ0n) is 21.3. The highest BCUT2D eigenvalue weighted by molar-refractivity contribution is 5.98. The van der Waals surface area contributed by atoms with Crippen molar-refractivity contribution in [3.8, 4) is 0 Å². The highest BCUT2D eigenvalue weighted by Crippen LogP contribution is 2.67. The van der Waals surface area contributed by atoms with Gasteiger partial charge in [-0.05, 0) is 109 Å². The number of hydrogen-bond acceptors (Lipinski definition) is 3. The van der Waals surface area contributed by atoms with Gasteiger partial charge in [-0.2, -0.15) is 4.91 Å². The van der Waals surface area contributed by atoms with Crippen LogP contribution in [-0.4, -0.2) is 11.8 Å². The van der Waals surface area contributed by atoms with Crippen molar-refractivity contribution >= 4 is 5.78 Å². The van der Waals surface area contributed by atoms with E-state index in [0.29, 0.717) is 53.1 Å². The Morgan fingerprint density at radius 1 is 1.06 bits per heavy atom. The summed E-state index contributed by atoms with van der Waals surface area (Å²) in [7, 11) is 0. The predicted octanol–water partition coefficient (Wildman–Crippen LogP) is 7.75. The van der Waals surface area contributed by atoms with Crippen LogP contribution in [0.25, 0.3) is 0 Å². The summed E-state index contributed by atoms with van der Waals surface area (Å²) in [5.41, 5.74) is 1.25. The van der Waals surface area contributed by atoms with Gasteiger partial charge in [0.05, 0.1) is 0 Å². The number of ketones is 1. The van der Waals surface area contributed by atoms with E-state index in [4.69, 9.17) is 0 Å². The van der Waals surface area contributed by atoms with Crippen molar-refractivity contribution in [1.82, 2.24) is 0 Å². The molecule has 0 radical (unpaired) electrons. The average Bonchev–Trinajstić information content (AvgIpc) is 3.11. The van der Waals surface area contributed by atoms with Crippen molar-refractivity contribution in [3.63, 3.8) is 0 Å². The molecule has 3 fully saturated rings. The minimum Gasteiger partial charge on any atom is -0.295 e. The third-order valence-electron chi connectivity index (χ3n) is 10.7. The summed E-state index contributed by atoms with van der Waals surface area (Å²) in [4.78, 5) is 24.5. The summed E-state index contributed by atoms with van der Waals surface area (Å²) in [5.74, 6) is 4.79. The Balaban J connectivity index is 1.56. The molecule has 178 valence electrons. The van der Waals surface area contributed by atoms with Gasteiger partial charge >= 0.3 is 0 Å². The Hall–Kier alpha value is -1.25. The largest absolute Gasteiger partial charge is 0.295 e. The van der Waals surface area contributed by atoms with E-state index in [0.717, 1.165) is 24.3 Å². The topological polar surface area (TPSA) is 46.5 Å². The first-order chi connectivity index (χ1) is 15.2. The number of fused-ring (bicyclic) bond motifs is 5. The average molecular weight is 440 g/mol. The van der Waals surface area contributed by atoms with Crippen LogP contribution in [0.3, 0.4) is 0 Å². The Labute approximate surface area is 195 Å². The molecule has 4 aliphatic carbocycles. The van der Waals surface area contributed by atoms with Crippen molar-refractivity contribution in [2.45, 2.75) is 99.0 Å². The molecule has 0 N–H and O–H groups in total. The van der Waals surface area contributed by atoms with Crippen molar-refractivity contribution in [2.75, 3.05) is 0 Å². The summed E-state index contributed by atoms with van der Waals surface area (Å²) in [5, 5.41) is 3.26. The molecule has 9 atom stereocenters. The van der Waals surface area contributed by atoms with E-state index in [1.54, 1.807) is 0 Å². The smallest absolute Gasteiger partial charge is 0.159 e. The van der Waals surface area contributed by atoms with Gasteiger partial charge in [0.2, 0.25) is 0 Å². The third kappa shape index (κ3) is 3.76. The fourth-order valence-electron chi connectivity index (χ4n) is 8.80. The molecule has 0 bridgehead atoms. The fraction of sp³-hybridized carbons (Fsp3) is 0.828. The molecule has 32 heavy (non-hydrogen) atoms. The molecule has 4 rings (SSSR count). The van der Waals surface area contributed by atoms with E-state index in [2.05, 4.69) is 58.9 Å². The van der Waals surface area contributed by atoms with Gasteiger partial charge in [-0.15, -0.1) is 0 Å². The van der Waals surface area contributed by atoms with E-state index < -0.39 is 0 Å². The Bertz CT molecular complexity index is 797. The molecule has 4 aliphatic rings. The number of nitroso groups, excluding NO2 is 1. The van der Waals surface area contributed by atoms with Crippen LogP contribution in [-0.2, 0) is 4.79 Å². The van der Waals surface area contributed by atoms with Gasteiger partial charge in [-0.1, -0.05) is 58.9 Å². The van der Waals surface area contributed by atoms with Gasteiger partial charge < -0.3 is 0 Å². The fourth-order valence-corrected chi connectivity index (χ4v) is 8.80. The molecule has 0 heterocycles. The van der Waals surface area contributed by atoms with E-state index in [1.165, 1.54) is 32.1 Å². The van der Waals surface area contributed by atoms with Crippen LogP contribution in [0, 0.1) is 57.2 Å². The van der Waals surface area contributed by atoms with Gasteiger partial charge in [-0.3, -0.25) is 4.79 Å². The molecule has 3 heteroatoms. The Morgan fingerprint density at radius 3 is 2.47 bits per heavy atom. The van der Waals surface area contributed by atoms with Gasteiger partial charge in [0.1, 0.15) is 6.04 Å². The number of carbonyl (C=O) groups excluding carboxylic acids is 1. The molecule has 2 unspecified atom stereocenters. The van der Waals surface area contributed by atoms with E-state index in [-0.39, 0.29) is 11.5 Å². The molecule has 0 aromatic heterocycles. The lowest BCUT2D eigenvalue weighted by molar-refractivity contribution is -0.129. The van der Waals surface area contributed by atoms with Crippen LogP contribution < -0.4 is 0 Å². The number of Topliss-reactive ketones (excluding diaryl/α,β-unsaturated/α-hetero) is 1. The molecule has 3 nitrogen and oxygen atoms in total. The SMILES string of the molecule is CCC(C=C[C@@H](C)[C@H]1CC[C@H]2[C@@H]3CC(=O)C4=CC(N=O)CC[C@]4(C)[C@H]3CC[C@]12C)C(C)C. The van der Waals surface area contributed by atoms with E-state index in [9.17, 15) is 9.70 Å². The highest BCUT2D eigenvalue weighted by atomic mass is 16.3. The summed E-state index contributed by atoms with van der Waals surface area (Å²) < 4.78 is 0. The van der Waals surface area contributed by atoms with Gasteiger partial charge in [0, 0.05) is 6.42 Å². The number of rotatable bonds is 6. The van der Waals surface area contributed by atoms with Crippen LogP contribution in [0.4, 0.5) is 0 Å². The van der Waals surface area contributed by atoms with Gasteiger partial charge in [0.25, 0.3) is 0 Å². The van der Waals surface area contributed by atoms with Gasteiger partial charge in [0.15, 0.2) is 5.78 Å². The molecule has 0 aliphatic heterocycles. The van der Waals surface area contributed by atoms with Gasteiger partial charge in [-0.25, -0.2) is 0 Å². The molecule has 3 saturated carbocycles. The number of allylic oxidation sites excluding steroid dienone is 3. The summed E-state index contributed by atoms with van der Waals surface area (Å²) in [6.07, 6.45) is 15.7. The lowest BCUT2D eigenvalue weighted by atomic mass is 9.46. The molecular weight excluding hydrogens is 394 g/mol. The zero-order valence-corrected chi connectivity index (χ0v) is 21.3. The van der Waals surface area contributed by atoms with Crippen molar-refractivity contribution in [2.24, 2.45) is 57.4 Å². The zero-order chi connectivity index (χ0) is 23.3. The maximum absolute atomic E-state index is 13.3. The highest BCUT2D eigenvalue weighted by Gasteiger charge is 2.60. The van der Waals surface area contributed by atoms with Crippen LogP contribution in [0.2, 0.25) is 0 Å². The Morgan fingerprint density at radius 2 is 1.81 bits per heavy atom. The van der Waals surface area contributed by atoms with E-state index >= 15 is 0 Å². The maximum atomic E-state index is 13.3. The second-order valence-corrected chi connectivity index (χ2v) is 12.5. The minimum atomic E-state index is -0.297. The number of nitrogens with zero attached hydrogens (tertiary/aromatic N) is 1. The van der Waals surface area contributed by atoms with Crippen LogP contribution in [0.5, 0.6) is 0 Å². The predicted molar refractivity (Wildman–Crippen MR) is 132 cm³/mol. The molecule has 0 saturated heterocycles. The second kappa shape index (κ2) is 8.84. The summed E-state index contributed by atoms with van der Waals surface area (Å²) >= 11 is 0. The Kier molecular flexibility index (Phi) is 6.60. The van der Waals surface area contributed by atoms with Crippen LogP contribution in [0.1, 0.15) is 92.9 Å². The maximum Gasteiger partial charge on any atom is 0.159 e. The first-order valence-electron chi connectivity index (χ1n) is 13.4. The molecule has 0 amide bonds. The van der Waals surface area contributed by atoms with Crippen molar-refractivity contribution in [3.05, 3.63) is 28.7 Å². The third-order valence-corrected chi connectivity index (χ3v) is 10.7. The molecule has 0 aromatic rings. The second-order valence-electron chi connectivity index (χ2n) is 12.5. The first-order valence-corrected chi connectivity index (χ1v) is 13.4. The summed E-state index contributed by atoms with van der Waals surface area (Å²) in [6, 6.07) is -0.297. The number of hydrogen-bond donors (Lipinski definition) is 0. The number of carbonyl (C=O) groups is 1. The summed E-state index contributed by atoms with van der Waals surface area (Å²) in [6.45, 7) is 14.3. The lowest BCUT2D eigenvalue weighted by Crippen LogP contribution is -2.53. The van der Waals surface area contributed by atoms with Crippen LogP contribution >= 0.6 is 0 Å². The molecule has 0 aromatic carbocycles. The quantitative estimate of drug-likeness (QED) is 0.314. The monoisotopic (exact) mass is 439 g/mol. The normalized spacial score (nSPS) is 43.4. The van der Waals surface area contributed by atoms with E-state index in [1.807, 2.05) is 6.08 Å². The standard InChI is InChI=1S/C29H45NO2/c1-7-20(18(2)3)9-8-19(4)23-10-11-24-22-17-27(31)26-16-21(30-32)12-14-29(26,6)25(22)13-15-28(23,24)5/h8-9,16,18-25H,7,10-15,17H2,1-6H3/t19-,20?,21?,22+,23-,24+,25+,28-,29-/m1/s1. The molecule has 0 spiro atoms. The lowest BCUT2D eigenvalue weighted by Gasteiger charge is -2.58. The molecular formula is C29H45NO2. The van der Waals surface area contributed by atoms with Crippen LogP contribution in [0.15, 0.2) is 29.0 Å².